The van der Waals surface area contributed by atoms with Crippen LogP contribution in [-0.4, -0.2) is 53.1 Å². The Kier molecular flexibility index (Phi) is 5.55. The SMILES string of the molecule is CCOC(=O)C1CCCN(c2ncnc(N3CC4(C)CC3CC(C)(C)C4)c2[N+](=O)[O-])C1. The second-order valence-corrected chi connectivity index (χ2v) is 10.5. The van der Waals surface area contributed by atoms with Gasteiger partial charge in [-0.3, -0.25) is 14.9 Å². The normalized spacial score (nSPS) is 29.7. The fourth-order valence-corrected chi connectivity index (χ4v) is 6.29. The topological polar surface area (TPSA) is 102 Å². The maximum Gasteiger partial charge on any atom is 0.353 e. The van der Waals surface area contributed by atoms with Crippen LogP contribution < -0.4 is 9.80 Å². The lowest BCUT2D eigenvalue weighted by Gasteiger charge is -2.39. The zero-order valence-corrected chi connectivity index (χ0v) is 19.0. The summed E-state index contributed by atoms with van der Waals surface area (Å²) in [6.45, 7) is 10.7. The molecule has 0 amide bonds. The third-order valence-corrected chi connectivity index (χ3v) is 6.99. The van der Waals surface area contributed by atoms with E-state index in [1.165, 1.54) is 6.33 Å². The Morgan fingerprint density at radius 3 is 2.74 bits per heavy atom. The van der Waals surface area contributed by atoms with Crippen LogP contribution in [0.2, 0.25) is 0 Å². The molecule has 3 unspecified atom stereocenters. The number of hydrogen-bond acceptors (Lipinski definition) is 8. The summed E-state index contributed by atoms with van der Waals surface area (Å²) in [6.07, 6.45) is 6.05. The van der Waals surface area contributed by atoms with Crippen LogP contribution in [-0.2, 0) is 9.53 Å². The molecule has 31 heavy (non-hydrogen) atoms. The first kappa shape index (κ1) is 21.8. The monoisotopic (exact) mass is 431 g/mol. The molecule has 1 aromatic heterocycles. The van der Waals surface area contributed by atoms with Crippen LogP contribution in [0.25, 0.3) is 0 Å². The van der Waals surface area contributed by atoms with E-state index < -0.39 is 0 Å². The van der Waals surface area contributed by atoms with E-state index in [0.717, 1.165) is 38.6 Å². The Labute approximate surface area is 183 Å². The lowest BCUT2D eigenvalue weighted by Crippen LogP contribution is -2.40. The molecule has 2 saturated heterocycles. The molecule has 0 aromatic carbocycles. The van der Waals surface area contributed by atoms with Crippen molar-refractivity contribution in [2.45, 2.75) is 65.8 Å². The fourth-order valence-electron chi connectivity index (χ4n) is 6.29. The van der Waals surface area contributed by atoms with E-state index in [1.807, 2.05) is 4.90 Å². The van der Waals surface area contributed by atoms with Crippen LogP contribution >= 0.6 is 0 Å². The minimum atomic E-state index is -0.353. The van der Waals surface area contributed by atoms with E-state index in [1.54, 1.807) is 6.92 Å². The van der Waals surface area contributed by atoms with Crippen molar-refractivity contribution in [3.63, 3.8) is 0 Å². The summed E-state index contributed by atoms with van der Waals surface area (Å²) in [5, 5.41) is 12.2. The smallest absolute Gasteiger partial charge is 0.353 e. The van der Waals surface area contributed by atoms with Crippen LogP contribution in [0.4, 0.5) is 17.3 Å². The van der Waals surface area contributed by atoms with Gasteiger partial charge in [0.25, 0.3) is 0 Å². The van der Waals surface area contributed by atoms with Gasteiger partial charge in [-0.1, -0.05) is 20.8 Å². The van der Waals surface area contributed by atoms with Crippen LogP contribution in [0.15, 0.2) is 6.33 Å². The van der Waals surface area contributed by atoms with Crippen LogP contribution in [0, 0.1) is 26.9 Å². The van der Waals surface area contributed by atoms with E-state index in [2.05, 4.69) is 35.6 Å². The number of carbonyl (C=O) groups excluding carboxylic acids is 1. The van der Waals surface area contributed by atoms with Gasteiger partial charge in [-0.15, -0.1) is 0 Å². The Bertz CT molecular complexity index is 875. The molecule has 1 saturated carbocycles. The molecular weight excluding hydrogens is 398 g/mol. The predicted octanol–water partition coefficient (Wildman–Crippen LogP) is 3.57. The van der Waals surface area contributed by atoms with E-state index in [9.17, 15) is 14.9 Å². The summed E-state index contributed by atoms with van der Waals surface area (Å²) >= 11 is 0. The maximum absolute atomic E-state index is 12.3. The van der Waals surface area contributed by atoms with E-state index in [-0.39, 0.29) is 39.4 Å². The molecule has 9 heteroatoms. The third-order valence-electron chi connectivity index (χ3n) is 6.99. The zero-order valence-electron chi connectivity index (χ0n) is 19.0. The van der Waals surface area contributed by atoms with Crippen molar-refractivity contribution in [3.8, 4) is 0 Å². The molecule has 1 aliphatic carbocycles. The van der Waals surface area contributed by atoms with Crippen molar-refractivity contribution in [1.82, 2.24) is 9.97 Å². The number of hydrogen-bond donors (Lipinski definition) is 0. The Morgan fingerprint density at radius 1 is 1.29 bits per heavy atom. The quantitative estimate of drug-likeness (QED) is 0.396. The van der Waals surface area contributed by atoms with Gasteiger partial charge in [0.2, 0.25) is 11.6 Å². The summed E-state index contributed by atoms with van der Waals surface area (Å²) in [6, 6.07) is 0.240. The number of fused-ring (bicyclic) bond motifs is 2. The number of aromatic nitrogens is 2. The number of piperidine rings is 1. The number of nitro groups is 1. The summed E-state index contributed by atoms with van der Waals surface area (Å²) in [7, 11) is 0. The molecule has 3 fully saturated rings. The average molecular weight is 432 g/mol. The van der Waals surface area contributed by atoms with E-state index in [4.69, 9.17) is 4.74 Å². The second-order valence-electron chi connectivity index (χ2n) is 10.5. The Morgan fingerprint density at radius 2 is 2.03 bits per heavy atom. The van der Waals surface area contributed by atoms with Gasteiger partial charge >= 0.3 is 11.7 Å². The van der Waals surface area contributed by atoms with E-state index >= 15 is 0 Å². The van der Waals surface area contributed by atoms with Crippen molar-refractivity contribution >= 4 is 23.3 Å². The molecule has 0 spiro atoms. The molecule has 1 aromatic rings. The molecule has 2 bridgehead atoms. The zero-order chi connectivity index (χ0) is 22.4. The van der Waals surface area contributed by atoms with Crippen molar-refractivity contribution in [1.29, 1.82) is 0 Å². The number of ether oxygens (including phenoxy) is 1. The first-order valence-electron chi connectivity index (χ1n) is 11.3. The lowest BCUT2D eigenvalue weighted by molar-refractivity contribution is -0.383. The maximum atomic E-state index is 12.3. The van der Waals surface area contributed by atoms with Crippen molar-refractivity contribution in [3.05, 3.63) is 16.4 Å². The highest BCUT2D eigenvalue weighted by Gasteiger charge is 2.51. The lowest BCUT2D eigenvalue weighted by atomic mass is 9.65. The largest absolute Gasteiger partial charge is 0.466 e. The first-order valence-corrected chi connectivity index (χ1v) is 11.3. The van der Waals surface area contributed by atoms with E-state index in [0.29, 0.717) is 31.3 Å². The number of esters is 1. The van der Waals surface area contributed by atoms with Gasteiger partial charge in [0.05, 0.1) is 17.4 Å². The number of nitrogens with zero attached hydrogens (tertiary/aromatic N) is 5. The molecule has 0 N–H and O–H groups in total. The summed E-state index contributed by atoms with van der Waals surface area (Å²) in [5.41, 5.74) is 0.295. The molecule has 4 rings (SSSR count). The summed E-state index contributed by atoms with van der Waals surface area (Å²) < 4.78 is 5.19. The second kappa shape index (κ2) is 7.91. The van der Waals surface area contributed by atoms with Crippen molar-refractivity contribution < 1.29 is 14.5 Å². The fraction of sp³-hybridized carbons (Fsp3) is 0.773. The Balaban J connectivity index is 1.67. The predicted molar refractivity (Wildman–Crippen MR) is 117 cm³/mol. The van der Waals surface area contributed by atoms with Gasteiger partial charge in [-0.05, 0) is 49.9 Å². The van der Waals surface area contributed by atoms with Gasteiger partial charge in [0, 0.05) is 25.7 Å². The van der Waals surface area contributed by atoms with Crippen LogP contribution in [0.5, 0.6) is 0 Å². The average Bonchev–Trinajstić information content (AvgIpc) is 2.96. The van der Waals surface area contributed by atoms with Crippen LogP contribution in [0.3, 0.4) is 0 Å². The number of carbonyl (C=O) groups is 1. The minimum Gasteiger partial charge on any atom is -0.466 e. The standard InChI is InChI=1S/C22H33N5O4/c1-5-31-20(28)15-7-6-8-25(11-15)18-17(27(29)30)19(24-14-23-18)26-13-22(4)10-16(26)9-21(2,3)12-22/h14-16H,5-13H2,1-4H3. The molecule has 9 nitrogen and oxygen atoms in total. The van der Waals surface area contributed by atoms with Crippen molar-refractivity contribution in [2.75, 3.05) is 36.0 Å². The van der Waals surface area contributed by atoms with Gasteiger partial charge in [0.1, 0.15) is 6.33 Å². The molecule has 3 atom stereocenters. The highest BCUT2D eigenvalue weighted by Crippen LogP contribution is 2.54. The molecule has 2 aliphatic heterocycles. The molecule has 3 aliphatic rings. The van der Waals surface area contributed by atoms with Crippen LogP contribution in [0.1, 0.15) is 59.8 Å². The van der Waals surface area contributed by atoms with Crippen molar-refractivity contribution in [2.24, 2.45) is 16.7 Å². The number of rotatable bonds is 5. The Hall–Kier alpha value is -2.45. The first-order chi connectivity index (χ1) is 14.6. The minimum absolute atomic E-state index is 0.0408. The third kappa shape index (κ3) is 4.19. The van der Waals surface area contributed by atoms with Gasteiger partial charge in [-0.25, -0.2) is 9.97 Å². The molecule has 170 valence electrons. The van der Waals surface area contributed by atoms with Gasteiger partial charge < -0.3 is 14.5 Å². The van der Waals surface area contributed by atoms with Gasteiger partial charge in [-0.2, -0.15) is 0 Å². The highest BCUT2D eigenvalue weighted by atomic mass is 16.6. The molecule has 0 radical (unpaired) electrons. The number of anilines is 2. The van der Waals surface area contributed by atoms with Gasteiger partial charge in [0.15, 0.2) is 0 Å². The highest BCUT2D eigenvalue weighted by molar-refractivity contribution is 5.76. The molecular formula is C22H33N5O4. The summed E-state index contributed by atoms with van der Waals surface area (Å²) in [5.74, 6) is 0.194. The summed E-state index contributed by atoms with van der Waals surface area (Å²) in [4.78, 5) is 36.9. The molecule has 3 heterocycles.